The van der Waals surface area contributed by atoms with E-state index in [2.05, 4.69) is 0 Å². The lowest BCUT2D eigenvalue weighted by Gasteiger charge is -2.17. The molecular weight excluding hydrogens is 230 g/mol. The van der Waals surface area contributed by atoms with Crippen LogP contribution in [-0.4, -0.2) is 26.4 Å². The van der Waals surface area contributed by atoms with Gasteiger partial charge in [-0.1, -0.05) is 0 Å². The second-order valence-electron chi connectivity index (χ2n) is 4.30. The number of hydrogen-bond acceptors (Lipinski definition) is 4. The number of hydrogen-bond donors (Lipinski definition) is 1. The van der Waals surface area contributed by atoms with Crippen LogP contribution in [0.15, 0.2) is 12.1 Å². The maximum Gasteiger partial charge on any atom is 0.161 e. The molecule has 18 heavy (non-hydrogen) atoms. The molecule has 1 heterocycles. The van der Waals surface area contributed by atoms with Gasteiger partial charge in [-0.05, 0) is 43.5 Å². The first kappa shape index (κ1) is 13.2. The van der Waals surface area contributed by atoms with Crippen molar-refractivity contribution in [3.05, 3.63) is 23.3 Å². The summed E-state index contributed by atoms with van der Waals surface area (Å²) in [6, 6.07) is 3.96. The zero-order valence-corrected chi connectivity index (χ0v) is 11.1. The Morgan fingerprint density at radius 3 is 2.56 bits per heavy atom. The molecule has 1 aliphatic heterocycles. The average Bonchev–Trinajstić information content (AvgIpc) is 2.53. The zero-order chi connectivity index (χ0) is 13.0. The van der Waals surface area contributed by atoms with Gasteiger partial charge >= 0.3 is 0 Å². The van der Waals surface area contributed by atoms with E-state index in [9.17, 15) is 0 Å². The summed E-state index contributed by atoms with van der Waals surface area (Å²) in [6.45, 7) is 6.44. The van der Waals surface area contributed by atoms with Crippen LogP contribution in [0.4, 0.5) is 0 Å². The Balaban J connectivity index is 2.40. The molecule has 0 spiro atoms. The fourth-order valence-corrected chi connectivity index (χ4v) is 2.20. The smallest absolute Gasteiger partial charge is 0.161 e. The Kier molecular flexibility index (Phi) is 4.44. The maximum absolute atomic E-state index is 6.11. The first-order valence-corrected chi connectivity index (χ1v) is 6.52. The summed E-state index contributed by atoms with van der Waals surface area (Å²) in [6.07, 6.45) is 0.871. The summed E-state index contributed by atoms with van der Waals surface area (Å²) in [5.74, 6) is 1.57. The molecule has 4 heteroatoms. The summed E-state index contributed by atoms with van der Waals surface area (Å²) in [5.41, 5.74) is 8.43. The highest BCUT2D eigenvalue weighted by molar-refractivity contribution is 5.49. The van der Waals surface area contributed by atoms with E-state index in [1.54, 1.807) is 0 Å². The van der Waals surface area contributed by atoms with Crippen LogP contribution in [0.25, 0.3) is 0 Å². The van der Waals surface area contributed by atoms with Gasteiger partial charge < -0.3 is 19.9 Å². The molecule has 2 N–H and O–H groups in total. The summed E-state index contributed by atoms with van der Waals surface area (Å²) in [7, 11) is 0. The topological polar surface area (TPSA) is 53.7 Å². The van der Waals surface area contributed by atoms with Gasteiger partial charge in [0.15, 0.2) is 11.5 Å². The summed E-state index contributed by atoms with van der Waals surface area (Å²) in [5, 5.41) is 0. The van der Waals surface area contributed by atoms with E-state index in [0.717, 1.165) is 23.5 Å². The SMILES string of the molecule is CCOc1cc2c(cc1OCC)C(N)COCC2. The quantitative estimate of drug-likeness (QED) is 0.890. The molecule has 1 atom stereocenters. The molecule has 2 rings (SSSR count). The van der Waals surface area contributed by atoms with Gasteiger partial charge in [0.1, 0.15) is 0 Å². The van der Waals surface area contributed by atoms with Gasteiger partial charge in [0.05, 0.1) is 32.5 Å². The van der Waals surface area contributed by atoms with Crippen molar-refractivity contribution >= 4 is 0 Å². The van der Waals surface area contributed by atoms with E-state index >= 15 is 0 Å². The Morgan fingerprint density at radius 2 is 1.89 bits per heavy atom. The van der Waals surface area contributed by atoms with Gasteiger partial charge in [-0.25, -0.2) is 0 Å². The van der Waals surface area contributed by atoms with Crippen molar-refractivity contribution in [2.75, 3.05) is 26.4 Å². The maximum atomic E-state index is 6.11. The molecule has 0 aromatic heterocycles. The minimum atomic E-state index is -0.0858. The predicted octanol–water partition coefficient (Wildman–Crippen LogP) is 2.06. The molecule has 0 radical (unpaired) electrons. The molecule has 4 nitrogen and oxygen atoms in total. The molecule has 100 valence electrons. The van der Waals surface area contributed by atoms with Crippen LogP contribution in [-0.2, 0) is 11.2 Å². The summed E-state index contributed by atoms with van der Waals surface area (Å²) >= 11 is 0. The molecule has 0 amide bonds. The van der Waals surface area contributed by atoms with Crippen LogP contribution in [0, 0.1) is 0 Å². The van der Waals surface area contributed by atoms with Gasteiger partial charge in [0.2, 0.25) is 0 Å². The third-order valence-electron chi connectivity index (χ3n) is 3.02. The Labute approximate surface area is 108 Å². The molecule has 1 aromatic rings. The highest BCUT2D eigenvalue weighted by atomic mass is 16.5. The van der Waals surface area contributed by atoms with Crippen LogP contribution < -0.4 is 15.2 Å². The zero-order valence-electron chi connectivity index (χ0n) is 11.1. The number of rotatable bonds is 4. The van der Waals surface area contributed by atoms with Gasteiger partial charge in [0.25, 0.3) is 0 Å². The van der Waals surface area contributed by atoms with Crippen molar-refractivity contribution < 1.29 is 14.2 Å². The highest BCUT2D eigenvalue weighted by Gasteiger charge is 2.19. The number of fused-ring (bicyclic) bond motifs is 1. The Bertz CT molecular complexity index is 406. The number of nitrogens with two attached hydrogens (primary N) is 1. The van der Waals surface area contributed by atoms with E-state index in [4.69, 9.17) is 19.9 Å². The van der Waals surface area contributed by atoms with Gasteiger partial charge in [-0.15, -0.1) is 0 Å². The second-order valence-corrected chi connectivity index (χ2v) is 4.30. The van der Waals surface area contributed by atoms with Gasteiger partial charge in [-0.2, -0.15) is 0 Å². The van der Waals surface area contributed by atoms with Crippen molar-refractivity contribution in [1.82, 2.24) is 0 Å². The minimum absolute atomic E-state index is 0.0858. The fraction of sp³-hybridized carbons (Fsp3) is 0.571. The van der Waals surface area contributed by atoms with Crippen molar-refractivity contribution in [3.63, 3.8) is 0 Å². The monoisotopic (exact) mass is 251 g/mol. The molecule has 0 saturated carbocycles. The average molecular weight is 251 g/mol. The number of benzene rings is 1. The molecular formula is C14H21NO3. The third-order valence-corrected chi connectivity index (χ3v) is 3.02. The van der Waals surface area contributed by atoms with Crippen LogP contribution in [0.5, 0.6) is 11.5 Å². The summed E-state index contributed by atoms with van der Waals surface area (Å²) < 4.78 is 16.7. The Hall–Kier alpha value is -1.26. The molecule has 0 aliphatic carbocycles. The van der Waals surface area contributed by atoms with Crippen LogP contribution in [0.3, 0.4) is 0 Å². The Morgan fingerprint density at radius 1 is 1.22 bits per heavy atom. The van der Waals surface area contributed by atoms with Crippen LogP contribution in [0.2, 0.25) is 0 Å². The van der Waals surface area contributed by atoms with E-state index in [1.165, 1.54) is 5.56 Å². The second kappa shape index (κ2) is 6.07. The normalized spacial score (nSPS) is 18.9. The lowest BCUT2D eigenvalue weighted by molar-refractivity contribution is 0.131. The first-order valence-electron chi connectivity index (χ1n) is 6.52. The van der Waals surface area contributed by atoms with Gasteiger partial charge in [-0.3, -0.25) is 0 Å². The molecule has 0 fully saturated rings. The van der Waals surface area contributed by atoms with Crippen LogP contribution >= 0.6 is 0 Å². The lowest BCUT2D eigenvalue weighted by atomic mass is 9.99. The van der Waals surface area contributed by atoms with Crippen LogP contribution in [0.1, 0.15) is 31.0 Å². The standard InChI is InChI=1S/C14H21NO3/c1-3-17-13-7-10-5-6-16-9-12(15)11(10)8-14(13)18-4-2/h7-8,12H,3-6,9,15H2,1-2H3. The molecule has 0 bridgehead atoms. The minimum Gasteiger partial charge on any atom is -0.490 e. The van der Waals surface area contributed by atoms with E-state index in [0.29, 0.717) is 26.4 Å². The van der Waals surface area contributed by atoms with Crippen molar-refractivity contribution in [2.45, 2.75) is 26.3 Å². The predicted molar refractivity (Wildman–Crippen MR) is 70.2 cm³/mol. The third kappa shape index (κ3) is 2.76. The molecule has 1 aliphatic rings. The highest BCUT2D eigenvalue weighted by Crippen LogP contribution is 2.34. The molecule has 0 saturated heterocycles. The number of ether oxygens (including phenoxy) is 3. The van der Waals surface area contributed by atoms with E-state index in [1.807, 2.05) is 26.0 Å². The van der Waals surface area contributed by atoms with Crippen molar-refractivity contribution in [3.8, 4) is 11.5 Å². The summed E-state index contributed by atoms with van der Waals surface area (Å²) in [4.78, 5) is 0. The van der Waals surface area contributed by atoms with Crippen molar-refractivity contribution in [2.24, 2.45) is 5.73 Å². The molecule has 1 unspecified atom stereocenters. The molecule has 1 aromatic carbocycles. The van der Waals surface area contributed by atoms with E-state index in [-0.39, 0.29) is 6.04 Å². The fourth-order valence-electron chi connectivity index (χ4n) is 2.20. The van der Waals surface area contributed by atoms with E-state index < -0.39 is 0 Å². The lowest BCUT2D eigenvalue weighted by Crippen LogP contribution is -2.16. The largest absolute Gasteiger partial charge is 0.490 e. The first-order chi connectivity index (χ1) is 8.76. The van der Waals surface area contributed by atoms with Crippen molar-refractivity contribution in [1.29, 1.82) is 0 Å². The van der Waals surface area contributed by atoms with Gasteiger partial charge in [0, 0.05) is 0 Å².